The molecule has 0 amide bonds. The van der Waals surface area contributed by atoms with Crippen LogP contribution >= 0.6 is 22.9 Å². The van der Waals surface area contributed by atoms with Crippen molar-refractivity contribution in [2.45, 2.75) is 20.8 Å². The van der Waals surface area contributed by atoms with E-state index in [4.69, 9.17) is 11.6 Å². The SMILES string of the molecule is CCN1CCN(c2nc(Cl)nc3sc(C)c(C)c23)CC1. The lowest BCUT2D eigenvalue weighted by molar-refractivity contribution is 0.271. The molecule has 0 saturated carbocycles. The second-order valence-electron chi connectivity index (χ2n) is 5.20. The molecule has 0 aliphatic carbocycles. The maximum atomic E-state index is 6.11. The molecule has 1 aliphatic heterocycles. The van der Waals surface area contributed by atoms with E-state index in [0.717, 1.165) is 43.4 Å². The van der Waals surface area contributed by atoms with Crippen molar-refractivity contribution in [3.63, 3.8) is 0 Å². The zero-order valence-corrected chi connectivity index (χ0v) is 13.7. The van der Waals surface area contributed by atoms with Crippen molar-refractivity contribution in [3.05, 3.63) is 15.7 Å². The molecule has 1 saturated heterocycles. The number of hydrogen-bond donors (Lipinski definition) is 0. The molecule has 6 heteroatoms. The number of piperazine rings is 1. The molecule has 0 radical (unpaired) electrons. The number of thiophene rings is 1. The van der Waals surface area contributed by atoms with Crippen molar-refractivity contribution in [2.75, 3.05) is 37.6 Å². The lowest BCUT2D eigenvalue weighted by atomic mass is 10.2. The summed E-state index contributed by atoms with van der Waals surface area (Å²) >= 11 is 7.81. The summed E-state index contributed by atoms with van der Waals surface area (Å²) in [7, 11) is 0. The number of fused-ring (bicyclic) bond motifs is 1. The van der Waals surface area contributed by atoms with Gasteiger partial charge < -0.3 is 9.80 Å². The van der Waals surface area contributed by atoms with Crippen LogP contribution in [0.4, 0.5) is 5.82 Å². The van der Waals surface area contributed by atoms with Crippen molar-refractivity contribution in [1.29, 1.82) is 0 Å². The van der Waals surface area contributed by atoms with Gasteiger partial charge in [0, 0.05) is 31.1 Å². The average molecular weight is 311 g/mol. The minimum atomic E-state index is 0.353. The number of hydrogen-bond acceptors (Lipinski definition) is 5. The van der Waals surface area contributed by atoms with Gasteiger partial charge in [0.05, 0.1) is 5.39 Å². The maximum absolute atomic E-state index is 6.11. The number of anilines is 1. The van der Waals surface area contributed by atoms with Gasteiger partial charge in [-0.15, -0.1) is 11.3 Å². The van der Waals surface area contributed by atoms with Crippen LogP contribution in [0, 0.1) is 13.8 Å². The van der Waals surface area contributed by atoms with Crippen LogP contribution in [0.1, 0.15) is 17.4 Å². The minimum Gasteiger partial charge on any atom is -0.353 e. The Morgan fingerprint density at radius 1 is 1.15 bits per heavy atom. The summed E-state index contributed by atoms with van der Waals surface area (Å²) < 4.78 is 0. The Kier molecular flexibility index (Phi) is 3.84. The first kappa shape index (κ1) is 14.0. The lowest BCUT2D eigenvalue weighted by Gasteiger charge is -2.35. The van der Waals surface area contributed by atoms with Gasteiger partial charge in [-0.3, -0.25) is 0 Å². The van der Waals surface area contributed by atoms with E-state index in [-0.39, 0.29) is 0 Å². The van der Waals surface area contributed by atoms with E-state index in [1.54, 1.807) is 11.3 Å². The Morgan fingerprint density at radius 2 is 1.85 bits per heavy atom. The molecule has 4 nitrogen and oxygen atoms in total. The summed E-state index contributed by atoms with van der Waals surface area (Å²) in [5.74, 6) is 1.01. The van der Waals surface area contributed by atoms with Gasteiger partial charge in [-0.25, -0.2) is 4.98 Å². The van der Waals surface area contributed by atoms with Crippen LogP contribution in [0.3, 0.4) is 0 Å². The highest BCUT2D eigenvalue weighted by atomic mass is 35.5. The van der Waals surface area contributed by atoms with Crippen LogP contribution in [0.25, 0.3) is 10.2 Å². The highest BCUT2D eigenvalue weighted by molar-refractivity contribution is 7.18. The second-order valence-corrected chi connectivity index (χ2v) is 6.74. The first-order chi connectivity index (χ1) is 9.60. The molecule has 0 spiro atoms. The molecule has 1 fully saturated rings. The quantitative estimate of drug-likeness (QED) is 0.798. The van der Waals surface area contributed by atoms with Crippen molar-refractivity contribution < 1.29 is 0 Å². The molecule has 3 heterocycles. The van der Waals surface area contributed by atoms with Gasteiger partial charge in [-0.1, -0.05) is 6.92 Å². The van der Waals surface area contributed by atoms with Crippen LogP contribution < -0.4 is 4.90 Å². The van der Waals surface area contributed by atoms with Gasteiger partial charge in [-0.05, 0) is 37.6 Å². The second kappa shape index (κ2) is 5.47. The van der Waals surface area contributed by atoms with Crippen molar-refractivity contribution in [1.82, 2.24) is 14.9 Å². The van der Waals surface area contributed by atoms with Gasteiger partial charge in [-0.2, -0.15) is 4.98 Å². The zero-order chi connectivity index (χ0) is 14.3. The van der Waals surface area contributed by atoms with Crippen LogP contribution in [0.2, 0.25) is 5.28 Å². The third-order valence-corrected chi connectivity index (χ3v) is 5.37. The summed E-state index contributed by atoms with van der Waals surface area (Å²) in [6.07, 6.45) is 0. The largest absolute Gasteiger partial charge is 0.353 e. The molecule has 2 aromatic rings. The fourth-order valence-corrected chi connectivity index (χ4v) is 3.95. The van der Waals surface area contributed by atoms with Gasteiger partial charge >= 0.3 is 0 Å². The summed E-state index contributed by atoms with van der Waals surface area (Å²) in [5, 5.41) is 1.54. The summed E-state index contributed by atoms with van der Waals surface area (Å²) in [6.45, 7) is 11.8. The van der Waals surface area contributed by atoms with Gasteiger partial charge in [0.2, 0.25) is 5.28 Å². The van der Waals surface area contributed by atoms with E-state index in [0.29, 0.717) is 5.28 Å². The highest BCUT2D eigenvalue weighted by Gasteiger charge is 2.22. The minimum absolute atomic E-state index is 0.353. The average Bonchev–Trinajstić information content (AvgIpc) is 2.73. The third-order valence-electron chi connectivity index (χ3n) is 4.10. The molecular formula is C14H19ClN4S. The van der Waals surface area contributed by atoms with E-state index in [1.165, 1.54) is 15.8 Å². The van der Waals surface area contributed by atoms with E-state index in [1.807, 2.05) is 0 Å². The lowest BCUT2D eigenvalue weighted by Crippen LogP contribution is -2.46. The Hall–Kier alpha value is -0.910. The molecule has 20 heavy (non-hydrogen) atoms. The van der Waals surface area contributed by atoms with Crippen molar-refractivity contribution in [3.8, 4) is 0 Å². The standard InChI is InChI=1S/C14H19ClN4S/c1-4-18-5-7-19(8-6-18)12-11-9(2)10(3)20-13(11)17-14(15)16-12/h4-8H2,1-3H3. The van der Waals surface area contributed by atoms with Crippen molar-refractivity contribution in [2.24, 2.45) is 0 Å². The summed E-state index contributed by atoms with van der Waals surface area (Å²) in [4.78, 5) is 16.0. The Balaban J connectivity index is 2.02. The van der Waals surface area contributed by atoms with E-state index in [2.05, 4.69) is 40.5 Å². The van der Waals surface area contributed by atoms with Crippen LogP contribution in [0.15, 0.2) is 0 Å². The molecule has 0 unspecified atom stereocenters. The Morgan fingerprint density at radius 3 is 2.50 bits per heavy atom. The molecule has 0 N–H and O–H groups in total. The third kappa shape index (κ3) is 2.38. The molecular weight excluding hydrogens is 292 g/mol. The number of nitrogens with zero attached hydrogens (tertiary/aromatic N) is 4. The van der Waals surface area contributed by atoms with Gasteiger partial charge in [0.1, 0.15) is 10.6 Å². The predicted octanol–water partition coefficient (Wildman–Crippen LogP) is 3.10. The van der Waals surface area contributed by atoms with E-state index in [9.17, 15) is 0 Å². The number of halogens is 1. The number of aryl methyl sites for hydroxylation is 2. The molecule has 0 atom stereocenters. The Bertz CT molecular complexity index is 632. The topological polar surface area (TPSA) is 32.3 Å². The molecule has 108 valence electrons. The number of likely N-dealkylation sites (N-methyl/N-ethyl adjacent to an activating group) is 1. The smallest absolute Gasteiger partial charge is 0.225 e. The first-order valence-electron chi connectivity index (χ1n) is 7.00. The number of rotatable bonds is 2. The summed E-state index contributed by atoms with van der Waals surface area (Å²) in [5.41, 5.74) is 1.29. The highest BCUT2D eigenvalue weighted by Crippen LogP contribution is 2.35. The molecule has 1 aliphatic rings. The molecule has 2 aromatic heterocycles. The Labute approximate surface area is 128 Å². The van der Waals surface area contributed by atoms with E-state index >= 15 is 0 Å². The molecule has 0 bridgehead atoms. The fourth-order valence-electron chi connectivity index (χ4n) is 2.71. The normalized spacial score (nSPS) is 17.1. The fraction of sp³-hybridized carbons (Fsp3) is 0.571. The monoisotopic (exact) mass is 310 g/mol. The zero-order valence-electron chi connectivity index (χ0n) is 12.1. The van der Waals surface area contributed by atoms with E-state index < -0.39 is 0 Å². The van der Waals surface area contributed by atoms with Crippen LogP contribution in [-0.4, -0.2) is 47.6 Å². The first-order valence-corrected chi connectivity index (χ1v) is 8.20. The summed E-state index contributed by atoms with van der Waals surface area (Å²) in [6, 6.07) is 0. The number of aromatic nitrogens is 2. The van der Waals surface area contributed by atoms with Crippen LogP contribution in [0.5, 0.6) is 0 Å². The maximum Gasteiger partial charge on any atom is 0.225 e. The molecule has 3 rings (SSSR count). The van der Waals surface area contributed by atoms with Gasteiger partial charge in [0.15, 0.2) is 0 Å². The van der Waals surface area contributed by atoms with Crippen LogP contribution in [-0.2, 0) is 0 Å². The van der Waals surface area contributed by atoms with Gasteiger partial charge in [0.25, 0.3) is 0 Å². The predicted molar refractivity (Wildman–Crippen MR) is 86.2 cm³/mol. The molecule has 0 aromatic carbocycles. The van der Waals surface area contributed by atoms with Crippen molar-refractivity contribution >= 4 is 39.0 Å².